The summed E-state index contributed by atoms with van der Waals surface area (Å²) < 4.78 is 18.9. The fourth-order valence-electron chi connectivity index (χ4n) is 3.78. The molecule has 2 atom stereocenters. The van der Waals surface area contributed by atoms with E-state index >= 15 is 0 Å². The Morgan fingerprint density at radius 3 is 2.74 bits per heavy atom. The third-order valence-electron chi connectivity index (χ3n) is 5.03. The molecule has 1 aromatic carbocycles. The molecule has 1 unspecified atom stereocenters. The third-order valence-corrected chi connectivity index (χ3v) is 5.03. The summed E-state index contributed by atoms with van der Waals surface area (Å²) in [5.74, 6) is -0.163. The van der Waals surface area contributed by atoms with Crippen LogP contribution in [0.1, 0.15) is 25.7 Å². The van der Waals surface area contributed by atoms with Gasteiger partial charge in [-0.2, -0.15) is 0 Å². The Bertz CT molecular complexity index is 505. The Hall–Kier alpha value is -1.39. The molecular formula is C19H27FN2O. The van der Waals surface area contributed by atoms with Crippen LogP contribution in [0.4, 0.5) is 10.1 Å². The van der Waals surface area contributed by atoms with Gasteiger partial charge in [0.15, 0.2) is 0 Å². The predicted octanol–water partition coefficient (Wildman–Crippen LogP) is 3.46. The second-order valence-electron chi connectivity index (χ2n) is 6.58. The van der Waals surface area contributed by atoms with Crippen molar-refractivity contribution in [2.45, 2.75) is 37.8 Å². The van der Waals surface area contributed by atoms with Gasteiger partial charge in [0.05, 0.1) is 12.7 Å². The molecule has 0 bridgehead atoms. The molecule has 126 valence electrons. The molecule has 23 heavy (non-hydrogen) atoms. The summed E-state index contributed by atoms with van der Waals surface area (Å²) in [6.45, 7) is 8.67. The molecule has 2 heterocycles. The van der Waals surface area contributed by atoms with E-state index in [2.05, 4.69) is 16.4 Å². The highest BCUT2D eigenvalue weighted by molar-refractivity contribution is 5.46. The predicted molar refractivity (Wildman–Crippen MR) is 92.4 cm³/mol. The average molecular weight is 318 g/mol. The lowest BCUT2D eigenvalue weighted by molar-refractivity contribution is 0.0741. The van der Waals surface area contributed by atoms with E-state index in [4.69, 9.17) is 4.74 Å². The fraction of sp³-hybridized carbons (Fsp3) is 0.579. The van der Waals surface area contributed by atoms with Gasteiger partial charge in [-0.1, -0.05) is 6.08 Å². The van der Waals surface area contributed by atoms with Crippen molar-refractivity contribution < 1.29 is 9.13 Å². The van der Waals surface area contributed by atoms with Crippen LogP contribution in [0.2, 0.25) is 0 Å². The largest absolute Gasteiger partial charge is 0.373 e. The Kier molecular flexibility index (Phi) is 5.68. The quantitative estimate of drug-likeness (QED) is 0.773. The molecule has 2 saturated heterocycles. The lowest BCUT2D eigenvalue weighted by Gasteiger charge is -2.27. The van der Waals surface area contributed by atoms with E-state index in [1.807, 2.05) is 18.2 Å². The Morgan fingerprint density at radius 2 is 1.96 bits per heavy atom. The van der Waals surface area contributed by atoms with Gasteiger partial charge in [0.2, 0.25) is 0 Å². The zero-order valence-corrected chi connectivity index (χ0v) is 13.8. The normalized spacial score (nSPS) is 26.2. The molecular weight excluding hydrogens is 291 g/mol. The van der Waals surface area contributed by atoms with Gasteiger partial charge in [0.1, 0.15) is 5.82 Å². The highest BCUT2D eigenvalue weighted by Crippen LogP contribution is 2.25. The molecule has 4 heteroatoms. The van der Waals surface area contributed by atoms with Gasteiger partial charge in [0.25, 0.3) is 0 Å². The molecule has 2 aliphatic heterocycles. The number of hydrogen-bond donors (Lipinski definition) is 0. The molecule has 2 aliphatic rings. The smallest absolute Gasteiger partial charge is 0.123 e. The van der Waals surface area contributed by atoms with Gasteiger partial charge in [-0.05, 0) is 49.9 Å². The maximum atomic E-state index is 13.1. The highest BCUT2D eigenvalue weighted by Gasteiger charge is 2.29. The monoisotopic (exact) mass is 318 g/mol. The van der Waals surface area contributed by atoms with Gasteiger partial charge in [-0.3, -0.25) is 4.90 Å². The van der Waals surface area contributed by atoms with Crippen molar-refractivity contribution in [3.05, 3.63) is 42.7 Å². The van der Waals surface area contributed by atoms with Crippen molar-refractivity contribution in [3.8, 4) is 0 Å². The number of ether oxygens (including phenoxy) is 1. The molecule has 1 aromatic rings. The van der Waals surface area contributed by atoms with Crippen LogP contribution in [0.25, 0.3) is 0 Å². The molecule has 2 fully saturated rings. The maximum absolute atomic E-state index is 13.1. The van der Waals surface area contributed by atoms with Crippen LogP contribution in [0.15, 0.2) is 36.9 Å². The standard InChI is InChI=1S/C19H27FN2O/c1-2-14-23-19-10-13-22(15-19)17-4-3-11-21(12-9-17)18-7-5-16(20)6-8-18/h2,5-8,17,19H,1,3-4,9-15H2/t17?,19-/m1/s1. The van der Waals surface area contributed by atoms with Gasteiger partial charge in [-0.15, -0.1) is 6.58 Å². The summed E-state index contributed by atoms with van der Waals surface area (Å²) in [5, 5.41) is 0. The minimum Gasteiger partial charge on any atom is -0.373 e. The Balaban J connectivity index is 1.52. The van der Waals surface area contributed by atoms with Crippen molar-refractivity contribution in [3.63, 3.8) is 0 Å². The van der Waals surface area contributed by atoms with Crippen molar-refractivity contribution in [1.82, 2.24) is 4.90 Å². The fourth-order valence-corrected chi connectivity index (χ4v) is 3.78. The molecule has 0 radical (unpaired) electrons. The minimum absolute atomic E-state index is 0.163. The van der Waals surface area contributed by atoms with Crippen molar-refractivity contribution in [1.29, 1.82) is 0 Å². The lowest BCUT2D eigenvalue weighted by Crippen LogP contribution is -2.35. The molecule has 0 saturated carbocycles. The average Bonchev–Trinajstić information content (AvgIpc) is 2.90. The van der Waals surface area contributed by atoms with Crippen molar-refractivity contribution >= 4 is 5.69 Å². The number of rotatable bonds is 5. The van der Waals surface area contributed by atoms with Crippen LogP contribution in [-0.4, -0.2) is 49.8 Å². The second-order valence-corrected chi connectivity index (χ2v) is 6.58. The molecule has 0 aliphatic carbocycles. The first-order chi connectivity index (χ1) is 11.3. The summed E-state index contributed by atoms with van der Waals surface area (Å²) in [5.41, 5.74) is 1.14. The van der Waals surface area contributed by atoms with Crippen LogP contribution < -0.4 is 4.90 Å². The maximum Gasteiger partial charge on any atom is 0.123 e. The second kappa shape index (κ2) is 7.93. The van der Waals surface area contributed by atoms with E-state index in [0.29, 0.717) is 18.8 Å². The topological polar surface area (TPSA) is 15.7 Å². The highest BCUT2D eigenvalue weighted by atomic mass is 19.1. The summed E-state index contributed by atoms with van der Waals surface area (Å²) in [7, 11) is 0. The van der Waals surface area contributed by atoms with Gasteiger partial charge in [-0.25, -0.2) is 4.39 Å². The van der Waals surface area contributed by atoms with E-state index in [-0.39, 0.29) is 5.82 Å². The van der Waals surface area contributed by atoms with Crippen molar-refractivity contribution in [2.24, 2.45) is 0 Å². The van der Waals surface area contributed by atoms with E-state index in [1.165, 1.54) is 19.3 Å². The number of likely N-dealkylation sites (tertiary alicyclic amines) is 1. The number of anilines is 1. The number of nitrogens with zero attached hydrogens (tertiary/aromatic N) is 2. The zero-order chi connectivity index (χ0) is 16.1. The molecule has 0 amide bonds. The summed E-state index contributed by atoms with van der Waals surface area (Å²) in [6.07, 6.45) is 6.93. The van der Waals surface area contributed by atoms with E-state index in [0.717, 1.165) is 38.3 Å². The number of halogens is 1. The van der Waals surface area contributed by atoms with Gasteiger partial charge >= 0.3 is 0 Å². The SMILES string of the molecule is C=CCO[C@@H]1CCN(C2CCCN(c3ccc(F)cc3)CC2)C1. The number of benzene rings is 1. The Morgan fingerprint density at radius 1 is 1.13 bits per heavy atom. The van der Waals surface area contributed by atoms with Crippen LogP contribution in [-0.2, 0) is 4.74 Å². The Labute approximate surface area is 138 Å². The molecule has 0 N–H and O–H groups in total. The van der Waals surface area contributed by atoms with Crippen LogP contribution >= 0.6 is 0 Å². The van der Waals surface area contributed by atoms with Crippen molar-refractivity contribution in [2.75, 3.05) is 37.7 Å². The van der Waals surface area contributed by atoms with Crippen LogP contribution in [0, 0.1) is 5.82 Å². The lowest BCUT2D eigenvalue weighted by atomic mass is 10.1. The molecule has 3 nitrogen and oxygen atoms in total. The zero-order valence-electron chi connectivity index (χ0n) is 13.8. The summed E-state index contributed by atoms with van der Waals surface area (Å²) in [4.78, 5) is 4.99. The van der Waals surface area contributed by atoms with Gasteiger partial charge in [0, 0.05) is 37.9 Å². The summed E-state index contributed by atoms with van der Waals surface area (Å²) >= 11 is 0. The van der Waals surface area contributed by atoms with Crippen LogP contribution in [0.3, 0.4) is 0 Å². The minimum atomic E-state index is -0.163. The van der Waals surface area contributed by atoms with Crippen LogP contribution in [0.5, 0.6) is 0 Å². The van der Waals surface area contributed by atoms with E-state index in [1.54, 1.807) is 12.1 Å². The first kappa shape index (κ1) is 16.5. The van der Waals surface area contributed by atoms with Gasteiger partial charge < -0.3 is 9.64 Å². The molecule has 0 spiro atoms. The molecule has 3 rings (SSSR count). The van der Waals surface area contributed by atoms with E-state index in [9.17, 15) is 4.39 Å². The molecule has 0 aromatic heterocycles. The van der Waals surface area contributed by atoms with E-state index < -0.39 is 0 Å². The first-order valence-electron chi connectivity index (χ1n) is 8.73. The number of hydrogen-bond acceptors (Lipinski definition) is 3. The third kappa shape index (κ3) is 4.33. The first-order valence-corrected chi connectivity index (χ1v) is 8.73. The summed E-state index contributed by atoms with van der Waals surface area (Å²) in [6, 6.07) is 7.55.